The largest absolute Gasteiger partial charge is 0.384 e. The van der Waals surface area contributed by atoms with Gasteiger partial charge >= 0.3 is 0 Å². The van der Waals surface area contributed by atoms with Crippen molar-refractivity contribution in [2.75, 3.05) is 33.4 Å². The van der Waals surface area contributed by atoms with E-state index in [1.165, 1.54) is 25.7 Å². The first-order valence-electron chi connectivity index (χ1n) is 6.18. The number of ether oxygens (including phenoxy) is 1. The van der Waals surface area contributed by atoms with Gasteiger partial charge in [0.1, 0.15) is 0 Å². The van der Waals surface area contributed by atoms with Crippen LogP contribution in [0.2, 0.25) is 0 Å². The molecule has 1 aliphatic heterocycles. The van der Waals surface area contributed by atoms with Gasteiger partial charge in [-0.25, -0.2) is 0 Å². The van der Waals surface area contributed by atoms with Crippen LogP contribution in [0.5, 0.6) is 0 Å². The molecule has 1 saturated heterocycles. The van der Waals surface area contributed by atoms with E-state index in [0.717, 1.165) is 19.7 Å². The summed E-state index contributed by atoms with van der Waals surface area (Å²) in [6, 6.07) is 0. The molecule has 1 aliphatic carbocycles. The van der Waals surface area contributed by atoms with Gasteiger partial charge in [-0.2, -0.15) is 0 Å². The van der Waals surface area contributed by atoms with Crippen molar-refractivity contribution in [3.05, 3.63) is 0 Å². The molecule has 0 unspecified atom stereocenters. The summed E-state index contributed by atoms with van der Waals surface area (Å²) in [5.74, 6) is 0.710. The average Bonchev–Trinajstić information content (AvgIpc) is 2.67. The molecule has 92 valence electrons. The summed E-state index contributed by atoms with van der Waals surface area (Å²) >= 11 is 0. The van der Waals surface area contributed by atoms with E-state index in [0.29, 0.717) is 5.92 Å². The lowest BCUT2D eigenvalue weighted by Crippen LogP contribution is -2.39. The fourth-order valence-electron chi connectivity index (χ4n) is 3.42. The molecule has 16 heavy (non-hydrogen) atoms. The molecule has 2 rings (SSSR count). The molecule has 0 bridgehead atoms. The van der Waals surface area contributed by atoms with Crippen LogP contribution in [0.1, 0.15) is 25.7 Å². The lowest BCUT2D eigenvalue weighted by Gasteiger charge is -2.37. The number of carbonyl (C=O) groups is 1. The number of rotatable bonds is 3. The van der Waals surface area contributed by atoms with E-state index in [1.807, 2.05) is 4.90 Å². The summed E-state index contributed by atoms with van der Waals surface area (Å²) in [5.41, 5.74) is 5.66. The summed E-state index contributed by atoms with van der Waals surface area (Å²) in [6.07, 6.45) is 4.99. The normalized spacial score (nSPS) is 33.9. The zero-order valence-electron chi connectivity index (χ0n) is 10.1. The molecule has 4 heteroatoms. The number of methoxy groups -OCH3 is 1. The minimum absolute atomic E-state index is 0.0879. The first-order chi connectivity index (χ1) is 7.72. The number of nitrogens with two attached hydrogens (primary N) is 1. The Morgan fingerprint density at radius 3 is 3.06 bits per heavy atom. The highest BCUT2D eigenvalue weighted by Gasteiger charge is 2.48. The summed E-state index contributed by atoms with van der Waals surface area (Å²) in [5, 5.41) is 0. The van der Waals surface area contributed by atoms with Gasteiger partial charge in [-0.05, 0) is 18.8 Å². The number of nitrogens with zero attached hydrogens (tertiary/aromatic N) is 1. The van der Waals surface area contributed by atoms with Crippen LogP contribution in [0.4, 0.5) is 0 Å². The van der Waals surface area contributed by atoms with Crippen LogP contribution in [0, 0.1) is 11.3 Å². The predicted molar refractivity (Wildman–Crippen MR) is 61.9 cm³/mol. The highest BCUT2D eigenvalue weighted by atomic mass is 16.5. The maximum Gasteiger partial charge on any atom is 0.236 e. The second-order valence-corrected chi connectivity index (χ2v) is 5.22. The standard InChI is InChI=1S/C12H22N2O2/c1-16-9-12-5-3-2-4-10(12)7-14(8-12)11(15)6-13/h10H,2-9,13H2,1H3/t10-,12+/m1/s1. The molecule has 1 amide bonds. The predicted octanol–water partition coefficient (Wildman–Crippen LogP) is 0.610. The van der Waals surface area contributed by atoms with E-state index in [-0.39, 0.29) is 17.9 Å². The molecule has 0 spiro atoms. The third-order valence-electron chi connectivity index (χ3n) is 4.25. The van der Waals surface area contributed by atoms with Gasteiger partial charge < -0.3 is 15.4 Å². The summed E-state index contributed by atoms with van der Waals surface area (Å²) in [4.78, 5) is 13.6. The average molecular weight is 226 g/mol. The maximum atomic E-state index is 11.7. The fourth-order valence-corrected chi connectivity index (χ4v) is 3.42. The second kappa shape index (κ2) is 4.72. The molecule has 0 aromatic rings. The molecule has 0 aromatic heterocycles. The molecule has 2 fully saturated rings. The number of hydrogen-bond acceptors (Lipinski definition) is 3. The van der Waals surface area contributed by atoms with Crippen molar-refractivity contribution in [1.29, 1.82) is 0 Å². The second-order valence-electron chi connectivity index (χ2n) is 5.22. The summed E-state index contributed by atoms with van der Waals surface area (Å²) < 4.78 is 5.38. The maximum absolute atomic E-state index is 11.7. The van der Waals surface area contributed by atoms with Gasteiger partial charge in [-0.1, -0.05) is 12.8 Å². The van der Waals surface area contributed by atoms with Gasteiger partial charge in [-0.3, -0.25) is 4.79 Å². The number of hydrogen-bond donors (Lipinski definition) is 1. The minimum Gasteiger partial charge on any atom is -0.384 e. The molecule has 0 radical (unpaired) electrons. The van der Waals surface area contributed by atoms with E-state index >= 15 is 0 Å². The zero-order valence-corrected chi connectivity index (χ0v) is 10.1. The van der Waals surface area contributed by atoms with Crippen LogP contribution in [0.25, 0.3) is 0 Å². The monoisotopic (exact) mass is 226 g/mol. The number of amides is 1. The van der Waals surface area contributed by atoms with Crippen molar-refractivity contribution in [3.63, 3.8) is 0 Å². The van der Waals surface area contributed by atoms with Crippen molar-refractivity contribution >= 4 is 5.91 Å². The minimum atomic E-state index is 0.0879. The van der Waals surface area contributed by atoms with E-state index in [1.54, 1.807) is 7.11 Å². The molecule has 2 N–H and O–H groups in total. The highest BCUT2D eigenvalue weighted by molar-refractivity contribution is 5.78. The lowest BCUT2D eigenvalue weighted by atomic mass is 9.69. The molecule has 0 aromatic carbocycles. The molecular weight excluding hydrogens is 204 g/mol. The first kappa shape index (κ1) is 11.9. The van der Waals surface area contributed by atoms with Crippen LogP contribution >= 0.6 is 0 Å². The van der Waals surface area contributed by atoms with Crippen molar-refractivity contribution in [2.45, 2.75) is 25.7 Å². The highest BCUT2D eigenvalue weighted by Crippen LogP contribution is 2.46. The first-order valence-corrected chi connectivity index (χ1v) is 6.18. The molecule has 2 atom stereocenters. The smallest absolute Gasteiger partial charge is 0.236 e. The van der Waals surface area contributed by atoms with Gasteiger partial charge in [0.15, 0.2) is 0 Å². The quantitative estimate of drug-likeness (QED) is 0.767. The number of likely N-dealkylation sites (tertiary alicyclic amines) is 1. The van der Waals surface area contributed by atoms with Crippen LogP contribution < -0.4 is 5.73 Å². The summed E-state index contributed by atoms with van der Waals surface area (Å²) in [7, 11) is 1.76. The Bertz CT molecular complexity index is 266. The van der Waals surface area contributed by atoms with E-state index in [2.05, 4.69) is 0 Å². The van der Waals surface area contributed by atoms with Crippen LogP contribution in [0.15, 0.2) is 0 Å². The van der Waals surface area contributed by atoms with Gasteiger partial charge in [0.2, 0.25) is 5.91 Å². The van der Waals surface area contributed by atoms with Crippen molar-refractivity contribution in [2.24, 2.45) is 17.1 Å². The Labute approximate surface area is 97.1 Å². The Kier molecular flexibility index (Phi) is 3.50. The lowest BCUT2D eigenvalue weighted by molar-refractivity contribution is -0.129. The molecule has 4 nitrogen and oxygen atoms in total. The Hall–Kier alpha value is -0.610. The topological polar surface area (TPSA) is 55.6 Å². The van der Waals surface area contributed by atoms with Gasteiger partial charge in [0, 0.05) is 25.6 Å². The van der Waals surface area contributed by atoms with E-state index in [9.17, 15) is 4.79 Å². The van der Waals surface area contributed by atoms with Crippen molar-refractivity contribution in [3.8, 4) is 0 Å². The van der Waals surface area contributed by atoms with Gasteiger partial charge in [0.25, 0.3) is 0 Å². The summed E-state index contributed by atoms with van der Waals surface area (Å²) in [6.45, 7) is 2.66. The third-order valence-corrected chi connectivity index (χ3v) is 4.25. The SMILES string of the molecule is COC[C@@]12CCCC[C@@H]1CN(C(=O)CN)C2. The number of carbonyl (C=O) groups excluding carboxylic acids is 1. The molecule has 1 heterocycles. The fraction of sp³-hybridized carbons (Fsp3) is 0.917. The van der Waals surface area contributed by atoms with Crippen LogP contribution in [0.3, 0.4) is 0 Å². The number of fused-ring (bicyclic) bond motifs is 1. The molecule has 2 aliphatic rings. The molecule has 1 saturated carbocycles. The Morgan fingerprint density at radius 2 is 2.38 bits per heavy atom. The zero-order chi connectivity index (χ0) is 11.6. The van der Waals surface area contributed by atoms with Crippen molar-refractivity contribution < 1.29 is 9.53 Å². The molecular formula is C12H22N2O2. The van der Waals surface area contributed by atoms with E-state index in [4.69, 9.17) is 10.5 Å². The Morgan fingerprint density at radius 1 is 1.56 bits per heavy atom. The van der Waals surface area contributed by atoms with Crippen molar-refractivity contribution in [1.82, 2.24) is 4.90 Å². The van der Waals surface area contributed by atoms with Gasteiger partial charge in [0.05, 0.1) is 13.2 Å². The van der Waals surface area contributed by atoms with Crippen LogP contribution in [-0.4, -0.2) is 44.2 Å². The van der Waals surface area contributed by atoms with Crippen LogP contribution in [-0.2, 0) is 9.53 Å². The Balaban J connectivity index is 2.10. The van der Waals surface area contributed by atoms with E-state index < -0.39 is 0 Å². The van der Waals surface area contributed by atoms with Gasteiger partial charge in [-0.15, -0.1) is 0 Å². The third kappa shape index (κ3) is 1.96.